The molecule has 1 aliphatic rings. The van der Waals surface area contributed by atoms with Crippen LogP contribution < -0.4 is 15.4 Å². The Hall–Kier alpha value is -1.75. The first kappa shape index (κ1) is 19.6. The first-order valence-corrected chi connectivity index (χ1v) is 9.64. The van der Waals surface area contributed by atoms with Gasteiger partial charge in [0.1, 0.15) is 5.75 Å². The van der Waals surface area contributed by atoms with E-state index in [0.29, 0.717) is 19.2 Å². The van der Waals surface area contributed by atoms with Gasteiger partial charge >= 0.3 is 0 Å². The van der Waals surface area contributed by atoms with E-state index < -0.39 is 0 Å². The Kier molecular flexibility index (Phi) is 8.06. The van der Waals surface area contributed by atoms with E-state index in [-0.39, 0.29) is 0 Å². The fourth-order valence-electron chi connectivity index (χ4n) is 3.01. The molecule has 0 aliphatic heterocycles. The van der Waals surface area contributed by atoms with Crippen molar-refractivity contribution in [2.24, 2.45) is 4.99 Å². The summed E-state index contributed by atoms with van der Waals surface area (Å²) >= 11 is 0. The van der Waals surface area contributed by atoms with E-state index >= 15 is 0 Å². The van der Waals surface area contributed by atoms with Crippen LogP contribution in [0.1, 0.15) is 46.1 Å². The predicted molar refractivity (Wildman–Crippen MR) is 105 cm³/mol. The fourth-order valence-corrected chi connectivity index (χ4v) is 3.01. The number of nitrogens with zero attached hydrogens (tertiary/aromatic N) is 2. The zero-order valence-corrected chi connectivity index (χ0v) is 16.2. The number of para-hydroxylation sites is 1. The van der Waals surface area contributed by atoms with Crippen molar-refractivity contribution in [3.8, 4) is 5.75 Å². The number of hydrogen-bond acceptors (Lipinski definition) is 3. The minimum Gasteiger partial charge on any atom is -0.494 e. The smallest absolute Gasteiger partial charge is 0.191 e. The van der Waals surface area contributed by atoms with E-state index in [0.717, 1.165) is 42.9 Å². The maximum atomic E-state index is 5.68. The van der Waals surface area contributed by atoms with Gasteiger partial charge in [0.15, 0.2) is 5.96 Å². The van der Waals surface area contributed by atoms with Crippen molar-refractivity contribution in [2.75, 3.05) is 26.2 Å². The summed E-state index contributed by atoms with van der Waals surface area (Å²) in [5, 5.41) is 6.80. The van der Waals surface area contributed by atoms with Gasteiger partial charge in [-0.15, -0.1) is 0 Å². The number of aliphatic imine (C=N–C) groups is 1. The summed E-state index contributed by atoms with van der Waals surface area (Å²) in [7, 11) is 0. The molecule has 0 heterocycles. The first-order chi connectivity index (χ1) is 12.2. The Balaban J connectivity index is 1.89. The second-order valence-corrected chi connectivity index (χ2v) is 6.73. The Morgan fingerprint density at radius 3 is 2.64 bits per heavy atom. The number of rotatable bonds is 10. The zero-order valence-electron chi connectivity index (χ0n) is 16.2. The van der Waals surface area contributed by atoms with E-state index in [1.807, 2.05) is 25.1 Å². The van der Waals surface area contributed by atoms with Crippen LogP contribution >= 0.6 is 0 Å². The lowest BCUT2D eigenvalue weighted by Crippen LogP contribution is -2.43. The van der Waals surface area contributed by atoms with Crippen LogP contribution in [0.2, 0.25) is 0 Å². The lowest BCUT2D eigenvalue weighted by atomic mass is 10.2. The minimum atomic E-state index is 0.604. The predicted octanol–water partition coefficient (Wildman–Crippen LogP) is 3.01. The SMILES string of the molecule is CCNC(=NCc1ccccc1OCC)NCCN(C(C)C)C1CC1. The van der Waals surface area contributed by atoms with Gasteiger partial charge in [-0.2, -0.15) is 0 Å². The molecule has 0 radical (unpaired) electrons. The Bertz CT molecular complexity index is 538. The molecule has 0 aromatic heterocycles. The fraction of sp³-hybridized carbons (Fsp3) is 0.650. The number of ether oxygens (including phenoxy) is 1. The highest BCUT2D eigenvalue weighted by Crippen LogP contribution is 2.27. The van der Waals surface area contributed by atoms with Crippen molar-refractivity contribution in [1.29, 1.82) is 0 Å². The van der Waals surface area contributed by atoms with Crippen LogP contribution in [0, 0.1) is 0 Å². The largest absolute Gasteiger partial charge is 0.494 e. The summed E-state index contributed by atoms with van der Waals surface area (Å²) in [6, 6.07) is 9.51. The van der Waals surface area contributed by atoms with Gasteiger partial charge in [0.05, 0.1) is 13.2 Å². The van der Waals surface area contributed by atoms with E-state index in [1.54, 1.807) is 0 Å². The summed E-state index contributed by atoms with van der Waals surface area (Å²) in [6.45, 7) is 12.8. The highest BCUT2D eigenvalue weighted by molar-refractivity contribution is 5.79. The van der Waals surface area contributed by atoms with Gasteiger partial charge in [0, 0.05) is 37.3 Å². The third-order valence-corrected chi connectivity index (χ3v) is 4.37. The van der Waals surface area contributed by atoms with Crippen molar-refractivity contribution in [2.45, 2.75) is 59.2 Å². The molecular formula is C20H34N4O. The van der Waals surface area contributed by atoms with E-state index in [4.69, 9.17) is 9.73 Å². The molecule has 0 saturated heterocycles. The molecule has 1 aromatic carbocycles. The number of nitrogens with one attached hydrogen (secondary N) is 2. The molecule has 0 spiro atoms. The van der Waals surface area contributed by atoms with Crippen LogP contribution in [0.4, 0.5) is 0 Å². The molecule has 1 saturated carbocycles. The summed E-state index contributed by atoms with van der Waals surface area (Å²) < 4.78 is 5.68. The van der Waals surface area contributed by atoms with Crippen molar-refractivity contribution < 1.29 is 4.74 Å². The maximum absolute atomic E-state index is 5.68. The van der Waals surface area contributed by atoms with Crippen LogP contribution in [0.5, 0.6) is 5.75 Å². The van der Waals surface area contributed by atoms with Crippen LogP contribution in [0.3, 0.4) is 0 Å². The second kappa shape index (κ2) is 10.3. The normalized spacial score (nSPS) is 14.9. The lowest BCUT2D eigenvalue weighted by Gasteiger charge is -2.26. The molecular weight excluding hydrogens is 312 g/mol. The molecule has 1 aromatic rings. The quantitative estimate of drug-likeness (QED) is 0.505. The average molecular weight is 347 g/mol. The van der Waals surface area contributed by atoms with Crippen LogP contribution in [-0.2, 0) is 6.54 Å². The van der Waals surface area contributed by atoms with E-state index in [1.165, 1.54) is 12.8 Å². The monoisotopic (exact) mass is 346 g/mol. The van der Waals surface area contributed by atoms with E-state index in [9.17, 15) is 0 Å². The third kappa shape index (κ3) is 6.58. The third-order valence-electron chi connectivity index (χ3n) is 4.37. The summed E-state index contributed by atoms with van der Waals surface area (Å²) in [5.41, 5.74) is 1.11. The number of hydrogen-bond donors (Lipinski definition) is 2. The van der Waals surface area contributed by atoms with Crippen LogP contribution in [0.25, 0.3) is 0 Å². The Morgan fingerprint density at radius 1 is 1.24 bits per heavy atom. The molecule has 0 atom stereocenters. The lowest BCUT2D eigenvalue weighted by molar-refractivity contribution is 0.215. The topological polar surface area (TPSA) is 48.9 Å². The Morgan fingerprint density at radius 2 is 2.00 bits per heavy atom. The molecule has 0 unspecified atom stereocenters. The van der Waals surface area contributed by atoms with Crippen molar-refractivity contribution in [3.05, 3.63) is 29.8 Å². The molecule has 25 heavy (non-hydrogen) atoms. The van der Waals surface area contributed by atoms with Gasteiger partial charge in [0.2, 0.25) is 0 Å². The molecule has 0 bridgehead atoms. The molecule has 5 nitrogen and oxygen atoms in total. The molecule has 2 rings (SSSR count). The molecule has 0 amide bonds. The standard InChI is InChI=1S/C20H34N4O/c1-5-21-20(22-13-14-24(16(3)4)18-11-12-18)23-15-17-9-7-8-10-19(17)25-6-2/h7-10,16,18H,5-6,11-15H2,1-4H3,(H2,21,22,23). The highest BCUT2D eigenvalue weighted by Gasteiger charge is 2.30. The molecule has 2 N–H and O–H groups in total. The Labute approximate surface area is 152 Å². The summed E-state index contributed by atoms with van der Waals surface area (Å²) in [6.07, 6.45) is 2.70. The highest BCUT2D eigenvalue weighted by atomic mass is 16.5. The molecule has 1 fully saturated rings. The van der Waals surface area contributed by atoms with Crippen molar-refractivity contribution in [1.82, 2.24) is 15.5 Å². The van der Waals surface area contributed by atoms with Gasteiger partial charge in [-0.25, -0.2) is 4.99 Å². The van der Waals surface area contributed by atoms with Crippen molar-refractivity contribution in [3.63, 3.8) is 0 Å². The maximum Gasteiger partial charge on any atom is 0.191 e. The zero-order chi connectivity index (χ0) is 18.1. The van der Waals surface area contributed by atoms with E-state index in [2.05, 4.69) is 42.4 Å². The average Bonchev–Trinajstić information content (AvgIpc) is 3.42. The van der Waals surface area contributed by atoms with Crippen LogP contribution in [0.15, 0.2) is 29.3 Å². The number of benzene rings is 1. The number of guanidine groups is 1. The molecule has 140 valence electrons. The summed E-state index contributed by atoms with van der Waals surface area (Å²) in [5.74, 6) is 1.79. The molecule has 1 aliphatic carbocycles. The second-order valence-electron chi connectivity index (χ2n) is 6.73. The van der Waals surface area contributed by atoms with Gasteiger partial charge in [-0.1, -0.05) is 18.2 Å². The van der Waals surface area contributed by atoms with Crippen LogP contribution in [-0.4, -0.2) is 49.2 Å². The van der Waals surface area contributed by atoms with Crippen molar-refractivity contribution >= 4 is 5.96 Å². The molecule has 5 heteroatoms. The van der Waals surface area contributed by atoms with Gasteiger partial charge in [0.25, 0.3) is 0 Å². The van der Waals surface area contributed by atoms with Gasteiger partial charge < -0.3 is 15.4 Å². The van der Waals surface area contributed by atoms with Gasteiger partial charge in [-0.3, -0.25) is 4.90 Å². The first-order valence-electron chi connectivity index (χ1n) is 9.64. The summed E-state index contributed by atoms with van der Waals surface area (Å²) in [4.78, 5) is 7.31. The van der Waals surface area contributed by atoms with Gasteiger partial charge in [-0.05, 0) is 46.6 Å². The minimum absolute atomic E-state index is 0.604.